The van der Waals surface area contributed by atoms with E-state index in [-0.39, 0.29) is 5.91 Å². The summed E-state index contributed by atoms with van der Waals surface area (Å²) < 4.78 is 6.67. The van der Waals surface area contributed by atoms with E-state index in [9.17, 15) is 4.79 Å². The Morgan fingerprint density at radius 1 is 1.15 bits per heavy atom. The Labute approximate surface area is 166 Å². The standard InChI is InChI=1S/C21H18BrN3O2/c22-17-2-1-3-19(12-17)27-20-7-4-16(13-24-20)21(26)25(18-5-6-18)14-15-8-10-23-11-9-15/h1-4,7-13,18H,5-6,14H2. The van der Waals surface area contributed by atoms with Crippen LogP contribution in [0.15, 0.2) is 71.6 Å². The number of rotatable bonds is 6. The molecule has 1 aliphatic rings. The maximum Gasteiger partial charge on any atom is 0.255 e. The van der Waals surface area contributed by atoms with Gasteiger partial charge in [0.1, 0.15) is 5.75 Å². The molecule has 2 heterocycles. The lowest BCUT2D eigenvalue weighted by atomic mass is 10.2. The number of ether oxygens (including phenoxy) is 1. The summed E-state index contributed by atoms with van der Waals surface area (Å²) in [4.78, 5) is 23.2. The first-order valence-electron chi connectivity index (χ1n) is 8.78. The fraction of sp³-hybridized carbons (Fsp3) is 0.190. The van der Waals surface area contributed by atoms with E-state index in [1.165, 1.54) is 0 Å². The van der Waals surface area contributed by atoms with Gasteiger partial charge >= 0.3 is 0 Å². The second-order valence-corrected chi connectivity index (χ2v) is 7.38. The predicted molar refractivity (Wildman–Crippen MR) is 106 cm³/mol. The zero-order valence-electron chi connectivity index (χ0n) is 14.6. The van der Waals surface area contributed by atoms with Gasteiger partial charge in [-0.3, -0.25) is 9.78 Å². The Hall–Kier alpha value is -2.73. The van der Waals surface area contributed by atoms with E-state index in [0.717, 1.165) is 22.9 Å². The van der Waals surface area contributed by atoms with Gasteiger partial charge in [-0.2, -0.15) is 0 Å². The van der Waals surface area contributed by atoms with Crippen molar-refractivity contribution in [3.63, 3.8) is 0 Å². The van der Waals surface area contributed by atoms with Crippen LogP contribution >= 0.6 is 15.9 Å². The molecule has 1 aliphatic carbocycles. The smallest absolute Gasteiger partial charge is 0.255 e. The largest absolute Gasteiger partial charge is 0.439 e. The minimum atomic E-state index is -0.00387. The molecule has 4 rings (SSSR count). The molecule has 0 atom stereocenters. The van der Waals surface area contributed by atoms with E-state index in [1.807, 2.05) is 41.3 Å². The highest BCUT2D eigenvalue weighted by Gasteiger charge is 2.33. The molecule has 0 spiro atoms. The van der Waals surface area contributed by atoms with Crippen molar-refractivity contribution in [3.05, 3.63) is 82.7 Å². The van der Waals surface area contributed by atoms with Gasteiger partial charge in [0.2, 0.25) is 5.88 Å². The van der Waals surface area contributed by atoms with Crippen molar-refractivity contribution in [2.75, 3.05) is 0 Å². The van der Waals surface area contributed by atoms with Crippen molar-refractivity contribution in [1.29, 1.82) is 0 Å². The maximum absolute atomic E-state index is 13.0. The SMILES string of the molecule is O=C(c1ccc(Oc2cccc(Br)c2)nc1)N(Cc1ccncc1)C1CC1. The highest BCUT2D eigenvalue weighted by molar-refractivity contribution is 9.10. The lowest BCUT2D eigenvalue weighted by molar-refractivity contribution is 0.0729. The molecule has 0 saturated heterocycles. The van der Waals surface area contributed by atoms with Crippen LogP contribution in [-0.2, 0) is 6.54 Å². The molecule has 5 nitrogen and oxygen atoms in total. The monoisotopic (exact) mass is 423 g/mol. The lowest BCUT2D eigenvalue weighted by Gasteiger charge is -2.22. The van der Waals surface area contributed by atoms with Gasteiger partial charge in [0, 0.05) is 41.7 Å². The predicted octanol–water partition coefficient (Wildman–Crippen LogP) is 4.84. The summed E-state index contributed by atoms with van der Waals surface area (Å²) in [5, 5.41) is 0. The molecule has 0 bridgehead atoms. The number of halogens is 1. The average Bonchev–Trinajstić information content (AvgIpc) is 3.52. The lowest BCUT2D eigenvalue weighted by Crippen LogP contribution is -2.32. The Bertz CT molecular complexity index is 928. The number of hydrogen-bond donors (Lipinski definition) is 0. The Morgan fingerprint density at radius 2 is 1.96 bits per heavy atom. The van der Waals surface area contributed by atoms with E-state index in [0.29, 0.717) is 29.8 Å². The number of nitrogens with zero attached hydrogens (tertiary/aromatic N) is 3. The number of carbonyl (C=O) groups is 1. The minimum Gasteiger partial charge on any atom is -0.439 e. The fourth-order valence-corrected chi connectivity index (χ4v) is 3.20. The third-order valence-corrected chi connectivity index (χ3v) is 4.85. The van der Waals surface area contributed by atoms with Gasteiger partial charge in [-0.15, -0.1) is 0 Å². The first-order valence-corrected chi connectivity index (χ1v) is 9.58. The molecule has 1 amide bonds. The van der Waals surface area contributed by atoms with E-state index in [2.05, 4.69) is 25.9 Å². The van der Waals surface area contributed by atoms with Gasteiger partial charge in [-0.05, 0) is 54.8 Å². The van der Waals surface area contributed by atoms with E-state index < -0.39 is 0 Å². The van der Waals surface area contributed by atoms with E-state index in [1.54, 1.807) is 30.7 Å². The van der Waals surface area contributed by atoms with Crippen molar-refractivity contribution >= 4 is 21.8 Å². The van der Waals surface area contributed by atoms with Crippen LogP contribution in [-0.4, -0.2) is 26.8 Å². The minimum absolute atomic E-state index is 0.00387. The third-order valence-electron chi connectivity index (χ3n) is 4.35. The van der Waals surface area contributed by atoms with Crippen molar-refractivity contribution in [1.82, 2.24) is 14.9 Å². The first-order chi connectivity index (χ1) is 13.2. The Morgan fingerprint density at radius 3 is 2.63 bits per heavy atom. The summed E-state index contributed by atoms with van der Waals surface area (Å²) in [5.41, 5.74) is 1.64. The Balaban J connectivity index is 1.47. The number of amides is 1. The highest BCUT2D eigenvalue weighted by Crippen LogP contribution is 2.30. The van der Waals surface area contributed by atoms with Crippen LogP contribution in [0, 0.1) is 0 Å². The second-order valence-electron chi connectivity index (χ2n) is 6.46. The van der Waals surface area contributed by atoms with Crippen molar-refractivity contribution < 1.29 is 9.53 Å². The molecule has 0 unspecified atom stereocenters. The number of pyridine rings is 2. The first kappa shape index (κ1) is 17.7. The normalized spacial score (nSPS) is 13.2. The van der Waals surface area contributed by atoms with Gasteiger partial charge in [0.25, 0.3) is 5.91 Å². The summed E-state index contributed by atoms with van der Waals surface area (Å²) in [6.07, 6.45) is 7.18. The average molecular weight is 424 g/mol. The molecule has 136 valence electrons. The summed E-state index contributed by atoms with van der Waals surface area (Å²) in [7, 11) is 0. The van der Waals surface area contributed by atoms with Crippen molar-refractivity contribution in [2.45, 2.75) is 25.4 Å². The molecular formula is C21H18BrN3O2. The van der Waals surface area contributed by atoms with Crippen LogP contribution in [0.1, 0.15) is 28.8 Å². The van der Waals surface area contributed by atoms with E-state index in [4.69, 9.17) is 4.74 Å². The van der Waals surface area contributed by atoms with Crippen LogP contribution in [0.4, 0.5) is 0 Å². The van der Waals surface area contributed by atoms with Crippen LogP contribution < -0.4 is 4.74 Å². The summed E-state index contributed by atoms with van der Waals surface area (Å²) in [6, 6.07) is 15.2. The van der Waals surface area contributed by atoms with Gasteiger partial charge in [0.05, 0.1) is 5.56 Å². The van der Waals surface area contributed by atoms with Crippen LogP contribution in [0.2, 0.25) is 0 Å². The van der Waals surface area contributed by atoms with Crippen LogP contribution in [0.3, 0.4) is 0 Å². The van der Waals surface area contributed by atoms with Gasteiger partial charge in [-0.1, -0.05) is 22.0 Å². The van der Waals surface area contributed by atoms with Crippen molar-refractivity contribution in [2.24, 2.45) is 0 Å². The molecule has 3 aromatic rings. The Kier molecular flexibility index (Phi) is 5.16. The summed E-state index contributed by atoms with van der Waals surface area (Å²) in [6.45, 7) is 0.586. The molecule has 6 heteroatoms. The zero-order valence-corrected chi connectivity index (χ0v) is 16.2. The molecule has 0 radical (unpaired) electrons. The summed E-state index contributed by atoms with van der Waals surface area (Å²) in [5.74, 6) is 1.14. The quantitative estimate of drug-likeness (QED) is 0.569. The highest BCUT2D eigenvalue weighted by atomic mass is 79.9. The third kappa shape index (κ3) is 4.52. The molecule has 1 saturated carbocycles. The van der Waals surface area contributed by atoms with Crippen molar-refractivity contribution in [3.8, 4) is 11.6 Å². The van der Waals surface area contributed by atoms with Gasteiger partial charge in [-0.25, -0.2) is 4.98 Å². The number of hydrogen-bond acceptors (Lipinski definition) is 4. The molecule has 1 aromatic carbocycles. The van der Waals surface area contributed by atoms with Crippen LogP contribution in [0.5, 0.6) is 11.6 Å². The van der Waals surface area contributed by atoms with Crippen LogP contribution in [0.25, 0.3) is 0 Å². The zero-order chi connectivity index (χ0) is 18.6. The van der Waals surface area contributed by atoms with E-state index >= 15 is 0 Å². The molecule has 2 aromatic heterocycles. The number of carbonyl (C=O) groups excluding carboxylic acids is 1. The number of benzene rings is 1. The molecule has 0 N–H and O–H groups in total. The molecular weight excluding hydrogens is 406 g/mol. The second kappa shape index (κ2) is 7.88. The fourth-order valence-electron chi connectivity index (χ4n) is 2.82. The maximum atomic E-state index is 13.0. The molecule has 0 aliphatic heterocycles. The number of aromatic nitrogens is 2. The topological polar surface area (TPSA) is 55.3 Å². The van der Waals surface area contributed by atoms with Gasteiger partial charge in [0.15, 0.2) is 0 Å². The molecule has 27 heavy (non-hydrogen) atoms. The molecule has 1 fully saturated rings. The van der Waals surface area contributed by atoms with Gasteiger partial charge < -0.3 is 9.64 Å². The summed E-state index contributed by atoms with van der Waals surface area (Å²) >= 11 is 3.41.